The highest BCUT2D eigenvalue weighted by atomic mass is 19.1. The van der Waals surface area contributed by atoms with Crippen LogP contribution < -0.4 is 5.32 Å². The molecule has 0 fully saturated rings. The van der Waals surface area contributed by atoms with Crippen molar-refractivity contribution in [2.24, 2.45) is 0 Å². The van der Waals surface area contributed by atoms with Crippen LogP contribution in [0.3, 0.4) is 0 Å². The first kappa shape index (κ1) is 13.9. The molecule has 1 aliphatic rings. The van der Waals surface area contributed by atoms with Crippen LogP contribution in [0.5, 0.6) is 0 Å². The fourth-order valence-corrected chi connectivity index (χ4v) is 2.77. The Hall–Kier alpha value is -2.07. The summed E-state index contributed by atoms with van der Waals surface area (Å²) in [5.41, 5.74) is 2.18. The largest absolute Gasteiger partial charge is 0.312 e. The summed E-state index contributed by atoms with van der Waals surface area (Å²) >= 11 is 0. The minimum atomic E-state index is -0.540. The lowest BCUT2D eigenvalue weighted by Crippen LogP contribution is -2.33. The van der Waals surface area contributed by atoms with E-state index in [4.69, 9.17) is 0 Å². The second kappa shape index (κ2) is 5.74. The summed E-state index contributed by atoms with van der Waals surface area (Å²) in [7, 11) is 0. The molecule has 3 rings (SSSR count). The van der Waals surface area contributed by atoms with E-state index < -0.39 is 11.6 Å². The molecule has 108 valence electrons. The van der Waals surface area contributed by atoms with Crippen LogP contribution in [-0.4, -0.2) is 12.3 Å². The average molecular weight is 287 g/mol. The Kier molecular flexibility index (Phi) is 3.80. The number of benzene rings is 2. The Balaban J connectivity index is 1.85. The van der Waals surface area contributed by atoms with Crippen LogP contribution in [0.1, 0.15) is 22.6 Å². The highest BCUT2D eigenvalue weighted by Crippen LogP contribution is 2.26. The van der Waals surface area contributed by atoms with Crippen molar-refractivity contribution >= 4 is 5.78 Å². The molecule has 1 aliphatic heterocycles. The highest BCUT2D eigenvalue weighted by Gasteiger charge is 2.26. The van der Waals surface area contributed by atoms with Gasteiger partial charge in [-0.1, -0.05) is 24.3 Å². The number of Topliss-reactive ketones (excluding diaryl/α,β-unsaturated/α-hetero) is 1. The minimum absolute atomic E-state index is 0.0930. The molecule has 1 heterocycles. The van der Waals surface area contributed by atoms with Gasteiger partial charge in [-0.15, -0.1) is 0 Å². The van der Waals surface area contributed by atoms with E-state index in [1.54, 1.807) is 0 Å². The second-order valence-electron chi connectivity index (χ2n) is 5.26. The van der Waals surface area contributed by atoms with Gasteiger partial charge in [-0.3, -0.25) is 4.79 Å². The van der Waals surface area contributed by atoms with Gasteiger partial charge < -0.3 is 5.32 Å². The predicted molar refractivity (Wildman–Crippen MR) is 76.0 cm³/mol. The van der Waals surface area contributed by atoms with Crippen LogP contribution >= 0.6 is 0 Å². The molecule has 2 nitrogen and oxygen atoms in total. The van der Waals surface area contributed by atoms with E-state index in [9.17, 15) is 13.6 Å². The normalized spacial score (nSPS) is 17.3. The Morgan fingerprint density at radius 3 is 2.86 bits per heavy atom. The van der Waals surface area contributed by atoms with Gasteiger partial charge in [0.05, 0.1) is 5.92 Å². The third kappa shape index (κ3) is 2.85. The summed E-state index contributed by atoms with van der Waals surface area (Å²) in [5.74, 6) is -1.47. The van der Waals surface area contributed by atoms with E-state index >= 15 is 0 Å². The number of hydrogen-bond acceptors (Lipinski definition) is 2. The first-order valence-corrected chi connectivity index (χ1v) is 6.90. The lowest BCUT2D eigenvalue weighted by Gasteiger charge is -2.25. The molecular weight excluding hydrogens is 272 g/mol. The zero-order chi connectivity index (χ0) is 14.8. The second-order valence-corrected chi connectivity index (χ2v) is 5.26. The van der Waals surface area contributed by atoms with Crippen molar-refractivity contribution in [1.82, 2.24) is 5.32 Å². The van der Waals surface area contributed by atoms with Gasteiger partial charge in [0.2, 0.25) is 0 Å². The molecule has 1 unspecified atom stereocenters. The molecule has 1 N–H and O–H groups in total. The van der Waals surface area contributed by atoms with Crippen LogP contribution in [0.2, 0.25) is 0 Å². The lowest BCUT2D eigenvalue weighted by molar-refractivity contribution is -0.120. The molecule has 0 saturated heterocycles. The molecule has 1 atom stereocenters. The SMILES string of the molecule is O=C(Cc1cc(F)ccc1F)C1CNCc2ccccc21. The Bertz CT molecular complexity index is 684. The monoisotopic (exact) mass is 287 g/mol. The highest BCUT2D eigenvalue weighted by molar-refractivity contribution is 5.88. The van der Waals surface area contributed by atoms with Gasteiger partial charge in [-0.05, 0) is 34.9 Å². The average Bonchev–Trinajstić information content (AvgIpc) is 2.50. The van der Waals surface area contributed by atoms with Gasteiger partial charge in [-0.25, -0.2) is 8.78 Å². The Morgan fingerprint density at radius 2 is 2.00 bits per heavy atom. The smallest absolute Gasteiger partial charge is 0.146 e. The van der Waals surface area contributed by atoms with Gasteiger partial charge >= 0.3 is 0 Å². The summed E-state index contributed by atoms with van der Waals surface area (Å²) in [5, 5.41) is 3.20. The maximum atomic E-state index is 13.7. The van der Waals surface area contributed by atoms with E-state index in [2.05, 4.69) is 5.32 Å². The number of fused-ring (bicyclic) bond motifs is 1. The molecule has 0 aromatic heterocycles. The molecule has 0 spiro atoms. The molecule has 0 radical (unpaired) electrons. The number of carbonyl (C=O) groups is 1. The van der Waals surface area contributed by atoms with Crippen molar-refractivity contribution in [1.29, 1.82) is 0 Å². The number of hydrogen-bond donors (Lipinski definition) is 1. The molecule has 0 aliphatic carbocycles. The number of nitrogens with one attached hydrogen (secondary N) is 1. The number of halogens is 2. The molecule has 2 aromatic rings. The van der Waals surface area contributed by atoms with E-state index in [0.29, 0.717) is 6.54 Å². The quantitative estimate of drug-likeness (QED) is 0.940. The summed E-state index contributed by atoms with van der Waals surface area (Å²) in [4.78, 5) is 12.5. The third-order valence-electron chi connectivity index (χ3n) is 3.86. The molecular formula is C17H15F2NO. The van der Waals surface area contributed by atoms with E-state index in [-0.39, 0.29) is 23.7 Å². The predicted octanol–water partition coefficient (Wildman–Crippen LogP) is 2.96. The summed E-state index contributed by atoms with van der Waals surface area (Å²) in [6, 6.07) is 10.9. The van der Waals surface area contributed by atoms with Gasteiger partial charge in [0.25, 0.3) is 0 Å². The van der Waals surface area contributed by atoms with Crippen molar-refractivity contribution in [3.8, 4) is 0 Å². The van der Waals surface area contributed by atoms with Gasteiger partial charge in [0.15, 0.2) is 0 Å². The third-order valence-corrected chi connectivity index (χ3v) is 3.86. The van der Waals surface area contributed by atoms with Crippen molar-refractivity contribution in [2.45, 2.75) is 18.9 Å². The van der Waals surface area contributed by atoms with Crippen molar-refractivity contribution in [3.63, 3.8) is 0 Å². The van der Waals surface area contributed by atoms with Crippen LogP contribution in [0.15, 0.2) is 42.5 Å². The van der Waals surface area contributed by atoms with Gasteiger partial charge in [-0.2, -0.15) is 0 Å². The van der Waals surface area contributed by atoms with Crippen LogP contribution in [0.4, 0.5) is 8.78 Å². The first-order chi connectivity index (χ1) is 10.1. The number of rotatable bonds is 3. The molecule has 4 heteroatoms. The molecule has 0 bridgehead atoms. The van der Waals surface area contributed by atoms with Crippen LogP contribution in [-0.2, 0) is 17.8 Å². The zero-order valence-electron chi connectivity index (χ0n) is 11.4. The number of ketones is 1. The van der Waals surface area contributed by atoms with E-state index in [1.807, 2.05) is 24.3 Å². The Morgan fingerprint density at radius 1 is 1.19 bits per heavy atom. The summed E-state index contributed by atoms with van der Waals surface area (Å²) < 4.78 is 26.8. The minimum Gasteiger partial charge on any atom is -0.312 e. The molecule has 2 aromatic carbocycles. The van der Waals surface area contributed by atoms with Crippen molar-refractivity contribution < 1.29 is 13.6 Å². The fourth-order valence-electron chi connectivity index (χ4n) is 2.77. The summed E-state index contributed by atoms with van der Waals surface area (Å²) in [6.07, 6.45) is -0.0930. The van der Waals surface area contributed by atoms with E-state index in [1.165, 1.54) is 0 Å². The van der Waals surface area contributed by atoms with Crippen molar-refractivity contribution in [3.05, 3.63) is 70.8 Å². The molecule has 21 heavy (non-hydrogen) atoms. The summed E-state index contributed by atoms with van der Waals surface area (Å²) in [6.45, 7) is 1.26. The van der Waals surface area contributed by atoms with Crippen LogP contribution in [0, 0.1) is 11.6 Å². The topological polar surface area (TPSA) is 29.1 Å². The van der Waals surface area contributed by atoms with Gasteiger partial charge in [0.1, 0.15) is 17.4 Å². The van der Waals surface area contributed by atoms with E-state index in [0.717, 1.165) is 35.9 Å². The molecule has 0 amide bonds. The standard InChI is InChI=1S/C17H15F2NO/c18-13-5-6-16(19)12(7-13)8-17(21)15-10-20-9-11-3-1-2-4-14(11)15/h1-7,15,20H,8-10H2. The van der Waals surface area contributed by atoms with Crippen molar-refractivity contribution in [2.75, 3.05) is 6.54 Å². The fraction of sp³-hybridized carbons (Fsp3) is 0.235. The first-order valence-electron chi connectivity index (χ1n) is 6.90. The number of carbonyl (C=O) groups excluding carboxylic acids is 1. The maximum absolute atomic E-state index is 13.7. The maximum Gasteiger partial charge on any atom is 0.146 e. The van der Waals surface area contributed by atoms with Crippen LogP contribution in [0.25, 0.3) is 0 Å². The Labute approximate surface area is 121 Å². The molecule has 0 saturated carbocycles. The lowest BCUT2D eigenvalue weighted by atomic mass is 9.85. The zero-order valence-corrected chi connectivity index (χ0v) is 11.4. The van der Waals surface area contributed by atoms with Gasteiger partial charge in [0, 0.05) is 19.5 Å².